The molecule has 0 radical (unpaired) electrons. The van der Waals surface area contributed by atoms with Crippen molar-refractivity contribution in [2.45, 2.75) is 32.8 Å². The molecule has 2 aliphatic heterocycles. The quantitative estimate of drug-likeness (QED) is 0.800. The minimum absolute atomic E-state index is 0.199. The summed E-state index contributed by atoms with van der Waals surface area (Å²) in [4.78, 5) is 16.3. The predicted octanol–water partition coefficient (Wildman–Crippen LogP) is 3.01. The molecule has 2 aliphatic rings. The van der Waals surface area contributed by atoms with Crippen molar-refractivity contribution in [2.24, 2.45) is 5.41 Å². The number of anilines is 1. The summed E-state index contributed by atoms with van der Waals surface area (Å²) in [5.74, 6) is 0. The third kappa shape index (κ3) is 3.26. The van der Waals surface area contributed by atoms with Gasteiger partial charge in [-0.25, -0.2) is 4.79 Å². The molecule has 0 saturated carbocycles. The Morgan fingerprint density at radius 3 is 2.43 bits per heavy atom. The summed E-state index contributed by atoms with van der Waals surface area (Å²) in [6.07, 6.45) is 0.824. The second kappa shape index (κ2) is 5.45. The summed E-state index contributed by atoms with van der Waals surface area (Å²) in [7, 11) is 0. The Labute approximate surface area is 137 Å². The van der Waals surface area contributed by atoms with Gasteiger partial charge in [0, 0.05) is 37.3 Å². The molecule has 5 heteroatoms. The minimum Gasteiger partial charge on any atom is -0.444 e. The van der Waals surface area contributed by atoms with E-state index < -0.39 is 5.60 Å². The SMILES string of the molecule is CC(C)(C)OC(=O)N1CCC2(C1)CN(c1ccc(C#N)cc1)C2. The number of hydrogen-bond donors (Lipinski definition) is 0. The smallest absolute Gasteiger partial charge is 0.410 e. The van der Waals surface area contributed by atoms with E-state index in [1.54, 1.807) is 0 Å². The summed E-state index contributed by atoms with van der Waals surface area (Å²) in [6.45, 7) is 9.15. The molecular formula is C18H23N3O2. The van der Waals surface area contributed by atoms with Crippen LogP contribution in [0.4, 0.5) is 10.5 Å². The number of amides is 1. The zero-order valence-corrected chi connectivity index (χ0v) is 14.0. The van der Waals surface area contributed by atoms with Crippen LogP contribution in [0.3, 0.4) is 0 Å². The molecule has 0 aromatic heterocycles. The second-order valence-corrected chi connectivity index (χ2v) is 7.67. The lowest BCUT2D eigenvalue weighted by Gasteiger charge is -2.49. The molecule has 0 atom stereocenters. The van der Waals surface area contributed by atoms with Gasteiger partial charge < -0.3 is 14.5 Å². The van der Waals surface area contributed by atoms with E-state index in [-0.39, 0.29) is 11.5 Å². The highest BCUT2D eigenvalue weighted by molar-refractivity contribution is 5.69. The average molecular weight is 313 g/mol. The molecule has 1 aromatic carbocycles. The van der Waals surface area contributed by atoms with Crippen molar-refractivity contribution < 1.29 is 9.53 Å². The summed E-state index contributed by atoms with van der Waals surface area (Å²) >= 11 is 0. The van der Waals surface area contributed by atoms with Crippen LogP contribution in [-0.4, -0.2) is 42.8 Å². The Bertz CT molecular complexity index is 634. The minimum atomic E-state index is -0.443. The number of benzene rings is 1. The Balaban J connectivity index is 1.56. The summed E-state index contributed by atoms with van der Waals surface area (Å²) < 4.78 is 5.46. The number of nitriles is 1. The summed E-state index contributed by atoms with van der Waals surface area (Å²) in [5.41, 5.74) is 1.58. The van der Waals surface area contributed by atoms with Gasteiger partial charge in [-0.05, 0) is 51.5 Å². The van der Waals surface area contributed by atoms with Gasteiger partial charge in [-0.15, -0.1) is 0 Å². The van der Waals surface area contributed by atoms with Crippen molar-refractivity contribution in [3.05, 3.63) is 29.8 Å². The fourth-order valence-electron chi connectivity index (χ4n) is 3.37. The normalized spacial score (nSPS) is 19.4. The number of nitrogens with zero attached hydrogens (tertiary/aromatic N) is 3. The first-order valence-electron chi connectivity index (χ1n) is 8.03. The fraction of sp³-hybridized carbons (Fsp3) is 0.556. The molecule has 2 heterocycles. The van der Waals surface area contributed by atoms with Crippen LogP contribution in [0.15, 0.2) is 24.3 Å². The summed E-state index contributed by atoms with van der Waals surface area (Å²) in [6, 6.07) is 9.82. The maximum atomic E-state index is 12.2. The number of hydrogen-bond acceptors (Lipinski definition) is 4. The van der Waals surface area contributed by atoms with Crippen LogP contribution in [0, 0.1) is 16.7 Å². The zero-order chi connectivity index (χ0) is 16.7. The van der Waals surface area contributed by atoms with Crippen LogP contribution < -0.4 is 4.90 Å². The standard InChI is InChI=1S/C18H23N3O2/c1-17(2,3)23-16(22)20-9-8-18(11-20)12-21(13-18)15-6-4-14(10-19)5-7-15/h4-7H,8-9,11-13H2,1-3H3. The van der Waals surface area contributed by atoms with Gasteiger partial charge in [-0.1, -0.05) is 0 Å². The molecule has 2 fully saturated rings. The van der Waals surface area contributed by atoms with Gasteiger partial charge in [0.15, 0.2) is 0 Å². The second-order valence-electron chi connectivity index (χ2n) is 7.67. The lowest BCUT2D eigenvalue weighted by atomic mass is 9.78. The highest BCUT2D eigenvalue weighted by Crippen LogP contribution is 2.42. The van der Waals surface area contributed by atoms with E-state index in [4.69, 9.17) is 10.00 Å². The Morgan fingerprint density at radius 2 is 1.87 bits per heavy atom. The van der Waals surface area contributed by atoms with E-state index in [0.717, 1.165) is 38.3 Å². The molecule has 3 rings (SSSR count). The molecule has 1 spiro atoms. The van der Waals surface area contributed by atoms with Crippen LogP contribution in [0.25, 0.3) is 0 Å². The Hall–Kier alpha value is -2.22. The molecule has 122 valence electrons. The van der Waals surface area contributed by atoms with Crippen LogP contribution >= 0.6 is 0 Å². The van der Waals surface area contributed by atoms with Crippen molar-refractivity contribution >= 4 is 11.8 Å². The van der Waals surface area contributed by atoms with E-state index in [2.05, 4.69) is 11.0 Å². The number of likely N-dealkylation sites (tertiary alicyclic amines) is 1. The van der Waals surface area contributed by atoms with Gasteiger partial charge in [-0.2, -0.15) is 5.26 Å². The van der Waals surface area contributed by atoms with Crippen molar-refractivity contribution in [1.82, 2.24) is 4.90 Å². The van der Waals surface area contributed by atoms with E-state index in [9.17, 15) is 4.79 Å². The van der Waals surface area contributed by atoms with Crippen molar-refractivity contribution in [1.29, 1.82) is 5.26 Å². The van der Waals surface area contributed by atoms with Crippen LogP contribution in [0.5, 0.6) is 0 Å². The van der Waals surface area contributed by atoms with Crippen molar-refractivity contribution in [3.63, 3.8) is 0 Å². The number of carbonyl (C=O) groups is 1. The Kier molecular flexibility index (Phi) is 3.71. The van der Waals surface area contributed by atoms with Crippen LogP contribution in [0.2, 0.25) is 0 Å². The van der Waals surface area contributed by atoms with Crippen molar-refractivity contribution in [2.75, 3.05) is 31.1 Å². The maximum Gasteiger partial charge on any atom is 0.410 e. The maximum absolute atomic E-state index is 12.2. The van der Waals surface area contributed by atoms with Gasteiger partial charge >= 0.3 is 6.09 Å². The lowest BCUT2D eigenvalue weighted by molar-refractivity contribution is 0.0265. The van der Waals surface area contributed by atoms with Gasteiger partial charge in [0.2, 0.25) is 0 Å². The van der Waals surface area contributed by atoms with E-state index >= 15 is 0 Å². The van der Waals surface area contributed by atoms with E-state index in [1.165, 1.54) is 0 Å². The first-order chi connectivity index (χ1) is 10.8. The molecule has 0 bridgehead atoms. The fourth-order valence-corrected chi connectivity index (χ4v) is 3.37. The molecule has 1 aromatic rings. The zero-order valence-electron chi connectivity index (χ0n) is 14.0. The molecule has 0 N–H and O–H groups in total. The molecule has 23 heavy (non-hydrogen) atoms. The third-order valence-corrected chi connectivity index (χ3v) is 4.50. The van der Waals surface area contributed by atoms with Gasteiger partial charge in [0.25, 0.3) is 0 Å². The monoisotopic (exact) mass is 313 g/mol. The lowest BCUT2D eigenvalue weighted by Crippen LogP contribution is -2.58. The number of rotatable bonds is 1. The summed E-state index contributed by atoms with van der Waals surface area (Å²) in [5, 5.41) is 8.85. The average Bonchev–Trinajstić information content (AvgIpc) is 2.90. The van der Waals surface area contributed by atoms with E-state index in [0.29, 0.717) is 5.56 Å². The largest absolute Gasteiger partial charge is 0.444 e. The third-order valence-electron chi connectivity index (χ3n) is 4.50. The highest BCUT2D eigenvalue weighted by atomic mass is 16.6. The Morgan fingerprint density at radius 1 is 1.22 bits per heavy atom. The van der Waals surface area contributed by atoms with E-state index in [1.807, 2.05) is 49.9 Å². The molecule has 5 nitrogen and oxygen atoms in total. The van der Waals surface area contributed by atoms with Crippen molar-refractivity contribution in [3.8, 4) is 6.07 Å². The van der Waals surface area contributed by atoms with Gasteiger partial charge in [0.05, 0.1) is 11.6 Å². The van der Waals surface area contributed by atoms with Gasteiger partial charge in [-0.3, -0.25) is 0 Å². The molecular weight excluding hydrogens is 290 g/mol. The van der Waals surface area contributed by atoms with Gasteiger partial charge in [0.1, 0.15) is 5.60 Å². The topological polar surface area (TPSA) is 56.6 Å². The highest BCUT2D eigenvalue weighted by Gasteiger charge is 2.49. The first-order valence-corrected chi connectivity index (χ1v) is 8.03. The van der Waals surface area contributed by atoms with Crippen LogP contribution in [0.1, 0.15) is 32.8 Å². The first kappa shape index (κ1) is 15.7. The molecule has 2 saturated heterocycles. The number of ether oxygens (including phenoxy) is 1. The molecule has 0 unspecified atom stereocenters. The number of carbonyl (C=O) groups excluding carboxylic acids is 1. The molecule has 1 amide bonds. The predicted molar refractivity (Wildman–Crippen MR) is 88.2 cm³/mol. The van der Waals surface area contributed by atoms with Crippen LogP contribution in [-0.2, 0) is 4.74 Å². The molecule has 0 aliphatic carbocycles.